The van der Waals surface area contributed by atoms with Crippen molar-refractivity contribution in [3.63, 3.8) is 0 Å². The zero-order chi connectivity index (χ0) is 23.0. The fourth-order valence-corrected chi connectivity index (χ4v) is 4.15. The van der Waals surface area contributed by atoms with Crippen LogP contribution < -0.4 is 5.32 Å². The van der Waals surface area contributed by atoms with Crippen LogP contribution in [-0.2, 0) is 12.7 Å². The number of nitrogens with zero attached hydrogens (tertiary/aromatic N) is 3. The van der Waals surface area contributed by atoms with Crippen molar-refractivity contribution in [2.75, 3.05) is 19.3 Å². The zero-order valence-corrected chi connectivity index (χ0v) is 13.1. The molecule has 1 N–H and O–H groups in total. The molecule has 4 rings (SSSR count). The van der Waals surface area contributed by atoms with Crippen LogP contribution in [0.5, 0.6) is 0 Å². The van der Waals surface area contributed by atoms with Crippen LogP contribution in [0.1, 0.15) is 54.8 Å². The highest BCUT2D eigenvalue weighted by atomic mass is 32.1. The quantitative estimate of drug-likeness (QED) is 0.938. The molecule has 0 atom stereocenters. The summed E-state index contributed by atoms with van der Waals surface area (Å²) in [4.78, 5) is 10.3. The van der Waals surface area contributed by atoms with Crippen molar-refractivity contribution in [1.29, 1.82) is 0 Å². The Labute approximate surface area is 148 Å². The van der Waals surface area contributed by atoms with Gasteiger partial charge in [0.25, 0.3) is 0 Å². The van der Waals surface area contributed by atoms with Gasteiger partial charge in [0.2, 0.25) is 0 Å². The van der Waals surface area contributed by atoms with Crippen molar-refractivity contribution in [1.82, 2.24) is 14.9 Å². The molecule has 118 valence electrons. The first-order chi connectivity index (χ1) is 14.2. The molecule has 2 aromatic rings. The number of fused-ring (bicyclic) bond motifs is 3. The number of anilines is 1. The Kier molecular flexibility index (Phi) is 1.99. The molecule has 22 heavy (non-hydrogen) atoms. The van der Waals surface area contributed by atoms with Crippen molar-refractivity contribution < 1.29 is 12.3 Å². The van der Waals surface area contributed by atoms with E-state index in [4.69, 9.17) is 12.3 Å². The summed E-state index contributed by atoms with van der Waals surface area (Å²) in [6.07, 6.45) is -3.61. The van der Waals surface area contributed by atoms with Gasteiger partial charge in [0.15, 0.2) is 0 Å². The third kappa shape index (κ3) is 2.50. The van der Waals surface area contributed by atoms with E-state index in [1.54, 1.807) is 7.05 Å². The van der Waals surface area contributed by atoms with Crippen LogP contribution in [0.25, 0.3) is 10.2 Å². The Morgan fingerprint density at radius 2 is 2.18 bits per heavy atom. The van der Waals surface area contributed by atoms with Gasteiger partial charge in [-0.25, -0.2) is 9.97 Å². The van der Waals surface area contributed by atoms with Gasteiger partial charge in [-0.05, 0) is 64.4 Å². The maximum atomic E-state index is 8.39. The van der Waals surface area contributed by atoms with Gasteiger partial charge < -0.3 is 10.2 Å². The lowest BCUT2D eigenvalue weighted by molar-refractivity contribution is 0.221. The second kappa shape index (κ2) is 5.78. The predicted molar refractivity (Wildman–Crippen MR) is 92.8 cm³/mol. The number of thiophene rings is 1. The van der Waals surface area contributed by atoms with E-state index in [-0.39, 0.29) is 22.5 Å². The molecule has 0 amide bonds. The Bertz CT molecular complexity index is 995. The second-order valence-electron chi connectivity index (χ2n) is 5.84. The van der Waals surface area contributed by atoms with Gasteiger partial charge in [0, 0.05) is 29.3 Å². The van der Waals surface area contributed by atoms with Crippen LogP contribution in [0.4, 0.5) is 5.82 Å². The Morgan fingerprint density at radius 3 is 3.00 bits per heavy atom. The molecule has 0 unspecified atom stereocenters. The molecule has 0 aromatic carbocycles. The van der Waals surface area contributed by atoms with Crippen LogP contribution in [0.15, 0.2) is 6.33 Å². The first kappa shape index (κ1) is 7.58. The first-order valence-corrected chi connectivity index (χ1v) is 8.29. The first-order valence-electron chi connectivity index (χ1n) is 12.0. The monoisotopic (exact) mass is 325 g/mol. The number of rotatable bonds is 3. The SMILES string of the molecule is [2H]C([2H])([2H])N(C)[C@H]1CC[C@H](Nc2ncnc3sc4c(c23)C([2H])([2H])C([2H])([2H])C4([2H])[2H])CC1. The molecular formula is C17H24N4S. The molecule has 0 bridgehead atoms. The molecular weight excluding hydrogens is 292 g/mol. The predicted octanol–water partition coefficient (Wildman–Crippen LogP) is 3.46. The Hall–Kier alpha value is -1.20. The summed E-state index contributed by atoms with van der Waals surface area (Å²) in [5, 5.41) is 3.65. The summed E-state index contributed by atoms with van der Waals surface area (Å²) in [6, 6.07) is -0.0503. The molecule has 2 aliphatic carbocycles. The molecule has 0 aliphatic heterocycles. The van der Waals surface area contributed by atoms with Gasteiger partial charge in [-0.15, -0.1) is 11.3 Å². The topological polar surface area (TPSA) is 41.0 Å². The van der Waals surface area contributed by atoms with Crippen molar-refractivity contribution in [3.8, 4) is 0 Å². The number of aromatic nitrogens is 2. The van der Waals surface area contributed by atoms with Gasteiger partial charge in [-0.3, -0.25) is 0 Å². The zero-order valence-electron chi connectivity index (χ0n) is 21.3. The lowest BCUT2D eigenvalue weighted by Crippen LogP contribution is -2.36. The Morgan fingerprint density at radius 1 is 1.32 bits per heavy atom. The van der Waals surface area contributed by atoms with Crippen LogP contribution in [0.3, 0.4) is 0 Å². The minimum atomic E-state index is -2.72. The summed E-state index contributed by atoms with van der Waals surface area (Å²) in [5.74, 6) is 0.368. The number of nitrogens with one attached hydrogen (secondary N) is 1. The molecule has 2 aliphatic rings. The molecule has 0 saturated heterocycles. The average molecular weight is 326 g/mol. The molecule has 0 spiro atoms. The summed E-state index contributed by atoms with van der Waals surface area (Å²) in [7, 11) is 1.61. The van der Waals surface area contributed by atoms with E-state index in [1.807, 2.05) is 0 Å². The van der Waals surface area contributed by atoms with E-state index in [2.05, 4.69) is 15.3 Å². The smallest absolute Gasteiger partial charge is 0.138 e. The molecule has 4 nitrogen and oxygen atoms in total. The summed E-state index contributed by atoms with van der Waals surface area (Å²) in [6.45, 7) is -2.13. The Balaban J connectivity index is 1.63. The minimum Gasteiger partial charge on any atom is -0.367 e. The average Bonchev–Trinajstić information content (AvgIpc) is 3.12. The lowest BCUT2D eigenvalue weighted by Gasteiger charge is -2.33. The second-order valence-corrected chi connectivity index (χ2v) is 6.84. The molecule has 5 heteroatoms. The van der Waals surface area contributed by atoms with Crippen LogP contribution in [-0.4, -0.2) is 41.0 Å². The fourth-order valence-electron chi connectivity index (χ4n) is 3.20. The number of hydrogen-bond donors (Lipinski definition) is 1. The highest BCUT2D eigenvalue weighted by molar-refractivity contribution is 7.19. The van der Waals surface area contributed by atoms with Crippen molar-refractivity contribution in [3.05, 3.63) is 16.8 Å². The maximum Gasteiger partial charge on any atom is 0.138 e. The number of aryl methyl sites for hydroxylation is 2. The summed E-state index contributed by atoms with van der Waals surface area (Å²) < 4.78 is 72.2. The summed E-state index contributed by atoms with van der Waals surface area (Å²) in [5.41, 5.74) is -0.0126. The summed E-state index contributed by atoms with van der Waals surface area (Å²) >= 11 is 0.966. The van der Waals surface area contributed by atoms with Crippen LogP contribution >= 0.6 is 11.3 Å². The maximum absolute atomic E-state index is 8.39. The molecule has 2 aromatic heterocycles. The van der Waals surface area contributed by atoms with E-state index in [0.29, 0.717) is 41.7 Å². The van der Waals surface area contributed by atoms with Crippen LogP contribution in [0.2, 0.25) is 0 Å². The van der Waals surface area contributed by atoms with E-state index in [9.17, 15) is 0 Å². The van der Waals surface area contributed by atoms with Crippen molar-refractivity contribution >= 4 is 27.4 Å². The fraction of sp³-hybridized carbons (Fsp3) is 0.647. The number of hydrogen-bond acceptors (Lipinski definition) is 5. The van der Waals surface area contributed by atoms with Gasteiger partial charge in [-0.1, -0.05) is 0 Å². The largest absolute Gasteiger partial charge is 0.367 e. The minimum absolute atomic E-state index is 0.00399. The highest BCUT2D eigenvalue weighted by Crippen LogP contribution is 2.39. The van der Waals surface area contributed by atoms with E-state index >= 15 is 0 Å². The van der Waals surface area contributed by atoms with E-state index < -0.39 is 26.1 Å². The van der Waals surface area contributed by atoms with Crippen LogP contribution in [0, 0.1) is 0 Å². The molecule has 2 heterocycles. The van der Waals surface area contributed by atoms with Crippen molar-refractivity contribution in [2.24, 2.45) is 0 Å². The van der Waals surface area contributed by atoms with Gasteiger partial charge in [0.1, 0.15) is 17.0 Å². The van der Waals surface area contributed by atoms with E-state index in [0.717, 1.165) is 11.3 Å². The molecule has 1 saturated carbocycles. The van der Waals surface area contributed by atoms with Gasteiger partial charge in [0.05, 0.1) is 5.39 Å². The lowest BCUT2D eigenvalue weighted by atomic mass is 9.90. The van der Waals surface area contributed by atoms with E-state index in [1.165, 1.54) is 11.2 Å². The molecule has 0 radical (unpaired) electrons. The molecule has 1 fully saturated rings. The van der Waals surface area contributed by atoms with Gasteiger partial charge >= 0.3 is 0 Å². The highest BCUT2D eigenvalue weighted by Gasteiger charge is 2.25. The van der Waals surface area contributed by atoms with Gasteiger partial charge in [-0.2, -0.15) is 0 Å². The van der Waals surface area contributed by atoms with Crippen molar-refractivity contribution in [2.45, 2.75) is 56.9 Å². The normalized spacial score (nSPS) is 38.4. The third-order valence-electron chi connectivity index (χ3n) is 4.44. The standard InChI is InChI=1S/C17H24N4S/c1-21(2)12-8-6-11(7-9-12)20-16-15-13-4-3-5-14(13)22-17(15)19-10-18-16/h10-12H,3-9H2,1-2H3,(H,18,19,20)/t11-,12-/i1D3,3D2,4D2,5D2. The third-order valence-corrected chi connectivity index (χ3v) is 5.45.